The molecule has 1 rings (SSSR count). The van der Waals surface area contributed by atoms with E-state index in [1.807, 2.05) is 6.26 Å². The Hall–Kier alpha value is -1.36. The molecule has 1 aromatic rings. The number of nitrogens with two attached hydrogens (primary N) is 1. The van der Waals surface area contributed by atoms with E-state index in [0.717, 1.165) is 12.2 Å². The van der Waals surface area contributed by atoms with Crippen molar-refractivity contribution in [2.75, 3.05) is 23.9 Å². The molecule has 0 spiro atoms. The lowest BCUT2D eigenvalue weighted by atomic mass is 10.1. The van der Waals surface area contributed by atoms with Crippen molar-refractivity contribution in [1.29, 1.82) is 0 Å². The third-order valence-electron chi connectivity index (χ3n) is 2.28. The Kier molecular flexibility index (Phi) is 4.49. The minimum absolute atomic E-state index is 0.141. The zero-order valence-electron chi connectivity index (χ0n) is 9.36. The first-order valence-electron chi connectivity index (χ1n) is 4.94. The molecule has 4 N–H and O–H groups in total. The van der Waals surface area contributed by atoms with Gasteiger partial charge in [0.25, 0.3) is 0 Å². The van der Waals surface area contributed by atoms with Crippen molar-refractivity contribution in [1.82, 2.24) is 0 Å². The largest absolute Gasteiger partial charge is 0.478 e. The Bertz CT molecular complexity index is 382. The molecular weight excluding hydrogens is 224 g/mol. The van der Waals surface area contributed by atoms with Gasteiger partial charge in [-0.2, -0.15) is 11.8 Å². The molecule has 0 heterocycles. The lowest BCUT2D eigenvalue weighted by Crippen LogP contribution is -2.13. The SMILES string of the molecule is CSC(C)CNc1ccc(N)c(C(=O)O)c1. The van der Waals surface area contributed by atoms with Crippen LogP contribution in [0.5, 0.6) is 0 Å². The number of aromatic carboxylic acids is 1. The summed E-state index contributed by atoms with van der Waals surface area (Å²) < 4.78 is 0. The summed E-state index contributed by atoms with van der Waals surface area (Å²) in [6.45, 7) is 2.90. The Morgan fingerprint density at radius 2 is 2.31 bits per heavy atom. The van der Waals surface area contributed by atoms with Crippen LogP contribution in [0.2, 0.25) is 0 Å². The third kappa shape index (κ3) is 3.34. The Morgan fingerprint density at radius 3 is 2.88 bits per heavy atom. The number of nitrogen functional groups attached to an aromatic ring is 1. The highest BCUT2D eigenvalue weighted by molar-refractivity contribution is 7.99. The first-order chi connectivity index (χ1) is 7.54. The number of nitrogens with one attached hydrogen (secondary N) is 1. The van der Waals surface area contributed by atoms with Crippen LogP contribution >= 0.6 is 11.8 Å². The fraction of sp³-hybridized carbons (Fsp3) is 0.364. The Balaban J connectivity index is 2.75. The predicted molar refractivity (Wildman–Crippen MR) is 69.3 cm³/mol. The molecule has 5 heteroatoms. The van der Waals surface area contributed by atoms with Crippen LogP contribution in [-0.4, -0.2) is 29.1 Å². The van der Waals surface area contributed by atoms with Gasteiger partial charge in [0.15, 0.2) is 0 Å². The van der Waals surface area contributed by atoms with Gasteiger partial charge in [0.05, 0.1) is 5.56 Å². The van der Waals surface area contributed by atoms with Gasteiger partial charge in [-0.1, -0.05) is 6.92 Å². The van der Waals surface area contributed by atoms with Crippen LogP contribution in [0.1, 0.15) is 17.3 Å². The molecule has 4 nitrogen and oxygen atoms in total. The van der Waals surface area contributed by atoms with E-state index in [1.54, 1.807) is 30.0 Å². The minimum Gasteiger partial charge on any atom is -0.478 e. The zero-order chi connectivity index (χ0) is 12.1. The van der Waals surface area contributed by atoms with Gasteiger partial charge < -0.3 is 16.2 Å². The number of rotatable bonds is 5. The minimum atomic E-state index is -1.00. The molecule has 0 saturated carbocycles. The van der Waals surface area contributed by atoms with E-state index < -0.39 is 5.97 Å². The number of hydrogen-bond acceptors (Lipinski definition) is 4. The average Bonchev–Trinajstić information content (AvgIpc) is 2.27. The van der Waals surface area contributed by atoms with E-state index in [1.165, 1.54) is 0 Å². The maximum atomic E-state index is 10.9. The zero-order valence-corrected chi connectivity index (χ0v) is 10.2. The Morgan fingerprint density at radius 1 is 1.62 bits per heavy atom. The molecule has 1 aromatic carbocycles. The summed E-state index contributed by atoms with van der Waals surface area (Å²) in [5, 5.41) is 12.6. The number of benzene rings is 1. The summed E-state index contributed by atoms with van der Waals surface area (Å²) in [6, 6.07) is 4.95. The second kappa shape index (κ2) is 5.65. The number of thioether (sulfide) groups is 1. The van der Waals surface area contributed by atoms with Crippen LogP contribution in [0.25, 0.3) is 0 Å². The van der Waals surface area contributed by atoms with Crippen molar-refractivity contribution in [3.05, 3.63) is 23.8 Å². The molecule has 1 atom stereocenters. The standard InChI is InChI=1S/C11H16N2O2S/c1-7(16-2)6-13-8-3-4-10(12)9(5-8)11(14)15/h3-5,7,13H,6,12H2,1-2H3,(H,14,15). The normalized spacial score (nSPS) is 12.1. The monoisotopic (exact) mass is 240 g/mol. The Labute approximate surface area is 99.2 Å². The topological polar surface area (TPSA) is 75.3 Å². The highest BCUT2D eigenvalue weighted by atomic mass is 32.2. The molecule has 0 radical (unpaired) electrons. The molecular formula is C11H16N2O2S. The second-order valence-corrected chi connectivity index (χ2v) is 4.81. The van der Waals surface area contributed by atoms with E-state index >= 15 is 0 Å². The highest BCUT2D eigenvalue weighted by Gasteiger charge is 2.08. The maximum Gasteiger partial charge on any atom is 0.337 e. The van der Waals surface area contributed by atoms with Crippen LogP contribution in [0, 0.1) is 0 Å². The molecule has 0 saturated heterocycles. The number of carbonyl (C=O) groups is 1. The van der Waals surface area contributed by atoms with Gasteiger partial charge in [-0.3, -0.25) is 0 Å². The molecule has 0 aromatic heterocycles. The lowest BCUT2D eigenvalue weighted by Gasteiger charge is -2.12. The molecule has 0 amide bonds. The van der Waals surface area contributed by atoms with Crippen LogP contribution in [0.3, 0.4) is 0 Å². The average molecular weight is 240 g/mol. The van der Waals surface area contributed by atoms with Crippen molar-refractivity contribution in [2.24, 2.45) is 0 Å². The van der Waals surface area contributed by atoms with E-state index in [4.69, 9.17) is 10.8 Å². The van der Waals surface area contributed by atoms with E-state index in [-0.39, 0.29) is 11.3 Å². The number of carboxylic acids is 1. The third-order valence-corrected chi connectivity index (χ3v) is 3.25. The number of hydrogen-bond donors (Lipinski definition) is 3. The summed E-state index contributed by atoms with van der Waals surface area (Å²) in [4.78, 5) is 10.9. The van der Waals surface area contributed by atoms with Crippen molar-refractivity contribution >= 4 is 29.1 Å². The number of anilines is 2. The van der Waals surface area contributed by atoms with Gasteiger partial charge in [0, 0.05) is 23.2 Å². The van der Waals surface area contributed by atoms with Gasteiger partial charge in [0.2, 0.25) is 0 Å². The second-order valence-electron chi connectivity index (χ2n) is 3.53. The molecule has 0 aliphatic carbocycles. The summed E-state index contributed by atoms with van der Waals surface area (Å²) in [6.07, 6.45) is 2.04. The number of carboxylic acid groups (broad SMARTS) is 1. The van der Waals surface area contributed by atoms with Crippen LogP contribution in [0.15, 0.2) is 18.2 Å². The summed E-state index contributed by atoms with van der Waals surface area (Å²) in [7, 11) is 0. The summed E-state index contributed by atoms with van der Waals surface area (Å²) in [5.74, 6) is -1.00. The quantitative estimate of drug-likeness (QED) is 0.687. The van der Waals surface area contributed by atoms with E-state index in [9.17, 15) is 4.79 Å². The van der Waals surface area contributed by atoms with Gasteiger partial charge in [0.1, 0.15) is 0 Å². The molecule has 1 unspecified atom stereocenters. The van der Waals surface area contributed by atoms with Crippen LogP contribution in [0.4, 0.5) is 11.4 Å². The van der Waals surface area contributed by atoms with Gasteiger partial charge in [-0.25, -0.2) is 4.79 Å². The smallest absolute Gasteiger partial charge is 0.337 e. The molecule has 88 valence electrons. The fourth-order valence-electron chi connectivity index (χ4n) is 1.20. The van der Waals surface area contributed by atoms with Crippen LogP contribution < -0.4 is 11.1 Å². The first-order valence-corrected chi connectivity index (χ1v) is 6.23. The summed E-state index contributed by atoms with van der Waals surface area (Å²) >= 11 is 1.75. The highest BCUT2D eigenvalue weighted by Crippen LogP contribution is 2.18. The fourth-order valence-corrected chi connectivity index (χ4v) is 1.45. The van der Waals surface area contributed by atoms with Crippen molar-refractivity contribution < 1.29 is 9.90 Å². The van der Waals surface area contributed by atoms with Crippen molar-refractivity contribution in [3.8, 4) is 0 Å². The summed E-state index contributed by atoms with van der Waals surface area (Å²) in [5.41, 5.74) is 6.77. The predicted octanol–water partition coefficient (Wildman–Crippen LogP) is 2.13. The maximum absolute atomic E-state index is 10.9. The van der Waals surface area contributed by atoms with Crippen molar-refractivity contribution in [2.45, 2.75) is 12.2 Å². The molecule has 16 heavy (non-hydrogen) atoms. The first kappa shape index (κ1) is 12.7. The molecule has 0 aliphatic rings. The lowest BCUT2D eigenvalue weighted by molar-refractivity contribution is 0.0698. The van der Waals surface area contributed by atoms with E-state index in [0.29, 0.717) is 5.25 Å². The van der Waals surface area contributed by atoms with Crippen molar-refractivity contribution in [3.63, 3.8) is 0 Å². The van der Waals surface area contributed by atoms with Gasteiger partial charge in [-0.15, -0.1) is 0 Å². The van der Waals surface area contributed by atoms with E-state index in [2.05, 4.69) is 12.2 Å². The van der Waals surface area contributed by atoms with Gasteiger partial charge >= 0.3 is 5.97 Å². The molecule has 0 aliphatic heterocycles. The van der Waals surface area contributed by atoms with Gasteiger partial charge in [-0.05, 0) is 24.5 Å². The molecule has 0 bridgehead atoms. The van der Waals surface area contributed by atoms with Crippen LogP contribution in [-0.2, 0) is 0 Å². The molecule has 0 fully saturated rings.